The first-order valence-corrected chi connectivity index (χ1v) is 10.9. The van der Waals surface area contributed by atoms with Crippen LogP contribution in [0.1, 0.15) is 25.8 Å². The molecule has 2 aromatic rings. The maximum Gasteiger partial charge on any atom is 0.417 e. The Morgan fingerprint density at radius 1 is 1.37 bits per heavy atom. The van der Waals surface area contributed by atoms with E-state index in [-0.39, 0.29) is 35.6 Å². The molecule has 30 heavy (non-hydrogen) atoms. The molecule has 8 nitrogen and oxygen atoms in total. The number of hydrogen-bond donors (Lipinski definition) is 2. The number of benzene rings is 1. The van der Waals surface area contributed by atoms with Crippen molar-refractivity contribution in [3.8, 4) is 11.6 Å². The van der Waals surface area contributed by atoms with Crippen LogP contribution in [0.5, 0.6) is 11.6 Å². The Hall–Kier alpha value is -2.36. The first kappa shape index (κ1) is 23.9. The summed E-state index contributed by atoms with van der Waals surface area (Å²) in [6.07, 6.45) is -3.90. The normalized spacial score (nSPS) is 14.6. The molecule has 1 aromatic carbocycles. The quantitative estimate of drug-likeness (QED) is 0.282. The lowest BCUT2D eigenvalue weighted by molar-refractivity contribution is -0.384. The second kappa shape index (κ2) is 9.20. The number of hydrogen-bond acceptors (Lipinski definition) is 6. The smallest absolute Gasteiger partial charge is 0.417 e. The zero-order valence-electron chi connectivity index (χ0n) is 15.8. The minimum absolute atomic E-state index is 0.0172. The van der Waals surface area contributed by atoms with Gasteiger partial charge in [-0.1, -0.05) is 25.4 Å². The fraction of sp³-hybridized carbons (Fsp3) is 0.353. The van der Waals surface area contributed by atoms with Crippen molar-refractivity contribution in [2.45, 2.75) is 32.2 Å². The fourth-order valence-corrected chi connectivity index (χ4v) is 4.07. The van der Waals surface area contributed by atoms with E-state index < -0.39 is 34.8 Å². The second-order valence-corrected chi connectivity index (χ2v) is 9.36. The molecule has 164 valence electrons. The largest absolute Gasteiger partial charge is 0.437 e. The molecule has 0 saturated heterocycles. The van der Waals surface area contributed by atoms with Gasteiger partial charge in [-0.15, -0.1) is 0 Å². The first-order chi connectivity index (χ1) is 13.9. The minimum Gasteiger partial charge on any atom is -0.437 e. The maximum absolute atomic E-state index is 12.7. The van der Waals surface area contributed by atoms with Gasteiger partial charge in [0.15, 0.2) is 0 Å². The standard InChI is InChI=1S/C17H18ClF3N3O5P/c1-3-15(30(27,28)4-2)23-13-8-11(5-6-14(13)24(25)26)29-16-12(18)7-10(9-22-16)17(19,20)21/h5-9,15,23H,3-4H2,1-2H3,(H,27,28). The molecule has 0 amide bonds. The zero-order chi connectivity index (χ0) is 22.7. The van der Waals surface area contributed by atoms with E-state index in [4.69, 9.17) is 16.3 Å². The van der Waals surface area contributed by atoms with E-state index in [9.17, 15) is 32.7 Å². The van der Waals surface area contributed by atoms with Gasteiger partial charge in [0.1, 0.15) is 22.2 Å². The molecule has 0 aliphatic heterocycles. The van der Waals surface area contributed by atoms with Crippen LogP contribution in [0.15, 0.2) is 30.5 Å². The summed E-state index contributed by atoms with van der Waals surface area (Å²) in [5.41, 5.74) is -1.52. The Labute approximate surface area is 174 Å². The molecular formula is C17H18ClF3N3O5P. The third kappa shape index (κ3) is 5.62. The van der Waals surface area contributed by atoms with E-state index in [2.05, 4.69) is 10.3 Å². The lowest BCUT2D eigenvalue weighted by Crippen LogP contribution is -2.20. The number of nitrogens with zero attached hydrogens (tertiary/aromatic N) is 2. The number of pyridine rings is 1. The molecule has 0 fully saturated rings. The molecule has 2 atom stereocenters. The summed E-state index contributed by atoms with van der Waals surface area (Å²) in [6.45, 7) is 3.17. The minimum atomic E-state index is -4.63. The van der Waals surface area contributed by atoms with Crippen molar-refractivity contribution in [3.63, 3.8) is 0 Å². The predicted octanol–water partition coefficient (Wildman–Crippen LogP) is 5.89. The number of nitro groups is 1. The van der Waals surface area contributed by atoms with Gasteiger partial charge in [-0.3, -0.25) is 14.7 Å². The molecule has 0 aliphatic rings. The van der Waals surface area contributed by atoms with Crippen LogP contribution in [-0.4, -0.2) is 26.7 Å². The maximum atomic E-state index is 12.7. The van der Waals surface area contributed by atoms with E-state index in [0.717, 1.165) is 6.07 Å². The number of anilines is 1. The van der Waals surface area contributed by atoms with E-state index in [1.54, 1.807) is 6.92 Å². The van der Waals surface area contributed by atoms with Crippen LogP contribution in [0.2, 0.25) is 5.02 Å². The topological polar surface area (TPSA) is 115 Å². The third-order valence-corrected chi connectivity index (χ3v) is 6.81. The van der Waals surface area contributed by atoms with Gasteiger partial charge in [0.2, 0.25) is 13.2 Å². The average Bonchev–Trinajstić information content (AvgIpc) is 2.66. The van der Waals surface area contributed by atoms with Crippen LogP contribution in [-0.2, 0) is 10.7 Å². The molecule has 0 bridgehead atoms. The SMILES string of the molecule is CCC(Nc1cc(Oc2ncc(C(F)(F)F)cc2Cl)ccc1[N+](=O)[O-])P(=O)(O)CC. The lowest BCUT2D eigenvalue weighted by atomic mass is 10.2. The molecule has 1 aromatic heterocycles. The van der Waals surface area contributed by atoms with Crippen LogP contribution in [0, 0.1) is 10.1 Å². The highest BCUT2D eigenvalue weighted by Crippen LogP contribution is 2.48. The van der Waals surface area contributed by atoms with E-state index in [0.29, 0.717) is 12.3 Å². The van der Waals surface area contributed by atoms with Crippen molar-refractivity contribution in [2.24, 2.45) is 0 Å². The van der Waals surface area contributed by atoms with Gasteiger partial charge in [0.05, 0.1) is 10.5 Å². The Morgan fingerprint density at radius 2 is 2.03 bits per heavy atom. The van der Waals surface area contributed by atoms with Gasteiger partial charge >= 0.3 is 6.18 Å². The predicted molar refractivity (Wildman–Crippen MR) is 105 cm³/mol. The van der Waals surface area contributed by atoms with Gasteiger partial charge in [-0.05, 0) is 18.6 Å². The molecule has 0 spiro atoms. The molecule has 13 heteroatoms. The monoisotopic (exact) mass is 467 g/mol. The van der Waals surface area contributed by atoms with Gasteiger partial charge in [0.25, 0.3) is 5.69 Å². The highest BCUT2D eigenvalue weighted by atomic mass is 35.5. The van der Waals surface area contributed by atoms with Crippen LogP contribution in [0.4, 0.5) is 24.5 Å². The van der Waals surface area contributed by atoms with Crippen molar-refractivity contribution in [1.82, 2.24) is 4.98 Å². The molecule has 1 heterocycles. The lowest BCUT2D eigenvalue weighted by Gasteiger charge is -2.23. The van der Waals surface area contributed by atoms with Crippen LogP contribution in [0.3, 0.4) is 0 Å². The number of rotatable bonds is 8. The van der Waals surface area contributed by atoms with Crippen molar-refractivity contribution >= 4 is 30.3 Å². The second-order valence-electron chi connectivity index (χ2n) is 6.19. The fourth-order valence-electron chi connectivity index (χ4n) is 2.51. The van der Waals surface area contributed by atoms with Gasteiger partial charge in [0, 0.05) is 24.5 Å². The number of nitro benzene ring substituents is 1. The van der Waals surface area contributed by atoms with Gasteiger partial charge in [-0.2, -0.15) is 13.2 Å². The highest BCUT2D eigenvalue weighted by molar-refractivity contribution is 7.58. The van der Waals surface area contributed by atoms with Crippen LogP contribution < -0.4 is 10.1 Å². The van der Waals surface area contributed by atoms with Crippen LogP contribution >= 0.6 is 19.0 Å². The molecular weight excluding hydrogens is 450 g/mol. The highest BCUT2D eigenvalue weighted by Gasteiger charge is 2.32. The van der Waals surface area contributed by atoms with Gasteiger partial charge < -0.3 is 14.9 Å². The van der Waals surface area contributed by atoms with E-state index in [1.807, 2.05) is 0 Å². The van der Waals surface area contributed by atoms with E-state index in [1.165, 1.54) is 19.1 Å². The van der Waals surface area contributed by atoms with Crippen molar-refractivity contribution < 1.29 is 32.3 Å². The molecule has 0 saturated carbocycles. The Bertz CT molecular complexity index is 990. The average molecular weight is 468 g/mol. The molecule has 0 radical (unpaired) electrons. The van der Waals surface area contributed by atoms with Crippen molar-refractivity contribution in [3.05, 3.63) is 51.2 Å². The summed E-state index contributed by atoms with van der Waals surface area (Å²) in [5.74, 6) is -1.29. The first-order valence-electron chi connectivity index (χ1n) is 8.66. The summed E-state index contributed by atoms with van der Waals surface area (Å²) in [7, 11) is -3.62. The number of nitrogens with one attached hydrogen (secondary N) is 1. The summed E-state index contributed by atoms with van der Waals surface area (Å²) in [5, 5.41) is 13.6. The van der Waals surface area contributed by atoms with Gasteiger partial charge in [-0.25, -0.2) is 4.98 Å². The molecule has 2 unspecified atom stereocenters. The van der Waals surface area contributed by atoms with Crippen molar-refractivity contribution in [2.75, 3.05) is 11.5 Å². The summed E-state index contributed by atoms with van der Waals surface area (Å²) < 4.78 is 55.9. The molecule has 2 rings (SSSR count). The Morgan fingerprint density at radius 3 is 2.53 bits per heavy atom. The Kier molecular flexibility index (Phi) is 7.33. The van der Waals surface area contributed by atoms with Crippen molar-refractivity contribution in [1.29, 1.82) is 0 Å². The van der Waals surface area contributed by atoms with E-state index >= 15 is 0 Å². The summed E-state index contributed by atoms with van der Waals surface area (Å²) in [4.78, 5) is 24.3. The number of halogens is 4. The number of aromatic nitrogens is 1. The molecule has 0 aliphatic carbocycles. The third-order valence-electron chi connectivity index (χ3n) is 4.16. The zero-order valence-corrected chi connectivity index (χ0v) is 17.5. The summed E-state index contributed by atoms with van der Waals surface area (Å²) in [6, 6.07) is 4.13. The Balaban J connectivity index is 2.38. The molecule has 2 N–H and O–H groups in total. The van der Waals surface area contributed by atoms with Crippen LogP contribution in [0.25, 0.3) is 0 Å². The summed E-state index contributed by atoms with van der Waals surface area (Å²) >= 11 is 5.81. The number of alkyl halides is 3. The number of ether oxygens (including phenoxy) is 1.